The van der Waals surface area contributed by atoms with Gasteiger partial charge in [0.05, 0.1) is 35.4 Å². The monoisotopic (exact) mass is 736 g/mol. The number of likely N-dealkylation sites (tertiary alicyclic amines) is 2. The molecule has 14 heteroatoms. The lowest BCUT2D eigenvalue weighted by Crippen LogP contribution is -2.50. The van der Waals surface area contributed by atoms with Crippen LogP contribution in [0.25, 0.3) is 0 Å². The molecule has 3 aliphatic heterocycles. The van der Waals surface area contributed by atoms with Gasteiger partial charge in [0, 0.05) is 50.9 Å². The Morgan fingerprint density at radius 3 is 2.53 bits per heavy atom. The molecule has 49 heavy (non-hydrogen) atoms. The Morgan fingerprint density at radius 1 is 1.04 bits per heavy atom. The summed E-state index contributed by atoms with van der Waals surface area (Å²) < 4.78 is 11.2. The Balaban J connectivity index is 1.18. The lowest BCUT2D eigenvalue weighted by molar-refractivity contribution is -0.144. The van der Waals surface area contributed by atoms with Gasteiger partial charge < -0.3 is 29.7 Å². The lowest BCUT2D eigenvalue weighted by atomic mass is 10.0. The zero-order valence-corrected chi connectivity index (χ0v) is 29.1. The third-order valence-corrected chi connectivity index (χ3v) is 9.57. The maximum absolute atomic E-state index is 13.3. The largest absolute Gasteiger partial charge is 0.507 e. The maximum atomic E-state index is 13.3. The summed E-state index contributed by atoms with van der Waals surface area (Å²) in [7, 11) is 0. The number of halogens is 1. The van der Waals surface area contributed by atoms with Gasteiger partial charge >= 0.3 is 18.1 Å². The van der Waals surface area contributed by atoms with Crippen molar-refractivity contribution in [2.75, 3.05) is 51.2 Å². The van der Waals surface area contributed by atoms with Crippen LogP contribution in [0.3, 0.4) is 0 Å². The van der Waals surface area contributed by atoms with Crippen molar-refractivity contribution in [3.05, 3.63) is 58.1 Å². The Kier molecular flexibility index (Phi) is 12.6. The third kappa shape index (κ3) is 10.0. The minimum atomic E-state index is -1.25. The molecule has 0 spiro atoms. The number of carbonyl (C=O) groups excluding carboxylic acids is 4. The van der Waals surface area contributed by atoms with Crippen LogP contribution in [0.1, 0.15) is 43.7 Å². The number of hydrogen-bond donors (Lipinski definition) is 2. The van der Waals surface area contributed by atoms with Gasteiger partial charge in [-0.05, 0) is 84.3 Å². The fourth-order valence-electron chi connectivity index (χ4n) is 6.23. The van der Waals surface area contributed by atoms with Gasteiger partial charge in [0.15, 0.2) is 6.10 Å². The molecule has 13 nitrogen and oxygen atoms in total. The highest BCUT2D eigenvalue weighted by molar-refractivity contribution is 9.10. The number of phenolic OH excluding ortho intramolecular Hbond substituents is 1. The number of piperidine rings is 2. The molecule has 2 N–H and O–H groups in total. The number of aliphatic imine (C=N–C) groups is 2. The lowest BCUT2D eigenvalue weighted by Gasteiger charge is -2.37. The van der Waals surface area contributed by atoms with Crippen molar-refractivity contribution in [2.45, 2.75) is 63.6 Å². The second-order valence-electron chi connectivity index (χ2n) is 12.2. The number of esters is 1. The van der Waals surface area contributed by atoms with E-state index in [0.29, 0.717) is 75.1 Å². The normalized spacial score (nSPS) is 17.8. The zero-order chi connectivity index (χ0) is 34.8. The molecule has 2 aromatic carbocycles. The predicted molar refractivity (Wildman–Crippen MR) is 186 cm³/mol. The minimum Gasteiger partial charge on any atom is -0.507 e. The van der Waals surface area contributed by atoms with Crippen LogP contribution >= 0.6 is 15.9 Å². The van der Waals surface area contributed by atoms with Gasteiger partial charge in [-0.2, -0.15) is 4.99 Å². The fourth-order valence-corrected chi connectivity index (χ4v) is 6.66. The molecular formula is C35H41BrN6O7. The highest BCUT2D eigenvalue weighted by Gasteiger charge is 2.33. The summed E-state index contributed by atoms with van der Waals surface area (Å²) >= 11 is 3.29. The van der Waals surface area contributed by atoms with Gasteiger partial charge in [-0.1, -0.05) is 24.3 Å². The number of nitrogens with one attached hydrogen (secondary N) is 1. The van der Waals surface area contributed by atoms with E-state index in [1.54, 1.807) is 24.0 Å². The van der Waals surface area contributed by atoms with E-state index in [2.05, 4.69) is 43.0 Å². The van der Waals surface area contributed by atoms with Crippen LogP contribution in [0, 0.1) is 0 Å². The molecule has 260 valence electrons. The van der Waals surface area contributed by atoms with E-state index in [9.17, 15) is 24.3 Å². The molecule has 0 aliphatic carbocycles. The van der Waals surface area contributed by atoms with Gasteiger partial charge in [-0.3, -0.25) is 14.5 Å². The SMILES string of the molecule is CCOC(=O)CN1CCC(N=C=C=NC(=O)[C@@H](Cc2ccc(O)c(Br)c2)OC(=O)N2CCC(N3CCc4ccccc4NC3=O)CC2)CC1. The summed E-state index contributed by atoms with van der Waals surface area (Å²) in [6.07, 6.45) is 1.43. The van der Waals surface area contributed by atoms with Gasteiger partial charge in [0.2, 0.25) is 0 Å². The molecule has 3 heterocycles. The number of fused-ring (bicyclic) bond motifs is 1. The quantitative estimate of drug-likeness (QED) is 0.287. The van der Waals surface area contributed by atoms with Gasteiger partial charge in [0.25, 0.3) is 5.91 Å². The second-order valence-corrected chi connectivity index (χ2v) is 13.1. The molecule has 2 saturated heterocycles. The molecule has 0 saturated carbocycles. The van der Waals surface area contributed by atoms with E-state index >= 15 is 0 Å². The van der Waals surface area contributed by atoms with Gasteiger partial charge in [-0.15, -0.1) is 0 Å². The molecule has 3 aliphatic rings. The second kappa shape index (κ2) is 17.3. The van der Waals surface area contributed by atoms with Crippen LogP contribution in [-0.4, -0.2) is 120 Å². The van der Waals surface area contributed by atoms with Crippen LogP contribution in [0.5, 0.6) is 5.75 Å². The summed E-state index contributed by atoms with van der Waals surface area (Å²) in [5.74, 6) is 4.15. The molecular weight excluding hydrogens is 696 g/mol. The molecule has 5 rings (SSSR count). The summed E-state index contributed by atoms with van der Waals surface area (Å²) in [4.78, 5) is 64.9. The van der Waals surface area contributed by atoms with E-state index in [4.69, 9.17) is 9.47 Å². The summed E-state index contributed by atoms with van der Waals surface area (Å²) in [6, 6.07) is 12.3. The smallest absolute Gasteiger partial charge is 0.410 e. The average molecular weight is 738 g/mol. The topological polar surface area (TPSA) is 153 Å². The van der Waals surface area contributed by atoms with Crippen molar-refractivity contribution in [1.29, 1.82) is 0 Å². The molecule has 0 bridgehead atoms. The Morgan fingerprint density at radius 2 is 1.80 bits per heavy atom. The van der Waals surface area contributed by atoms with Gasteiger partial charge in [0.1, 0.15) is 5.75 Å². The van der Waals surface area contributed by atoms with Crippen LogP contribution in [0.2, 0.25) is 0 Å². The van der Waals surface area contributed by atoms with E-state index in [0.717, 1.165) is 17.7 Å². The number of urea groups is 1. The van der Waals surface area contributed by atoms with Crippen LogP contribution in [0.15, 0.2) is 56.9 Å². The number of carbonyl (C=O) groups is 4. The number of rotatable bonds is 9. The zero-order valence-electron chi connectivity index (χ0n) is 27.5. The number of anilines is 1. The third-order valence-electron chi connectivity index (χ3n) is 8.94. The number of amides is 4. The number of phenols is 1. The molecule has 0 unspecified atom stereocenters. The first-order valence-corrected chi connectivity index (χ1v) is 17.4. The molecule has 0 aromatic heterocycles. The van der Waals surface area contributed by atoms with E-state index < -0.39 is 18.1 Å². The number of para-hydroxylation sites is 1. The van der Waals surface area contributed by atoms with Crippen LogP contribution < -0.4 is 5.32 Å². The van der Waals surface area contributed by atoms with Crippen molar-refractivity contribution >= 4 is 57.4 Å². The van der Waals surface area contributed by atoms with Crippen molar-refractivity contribution in [3.8, 4) is 5.75 Å². The number of aromatic hydroxyl groups is 1. The van der Waals surface area contributed by atoms with Gasteiger partial charge in [-0.25, -0.2) is 14.6 Å². The van der Waals surface area contributed by atoms with E-state index in [1.165, 1.54) is 6.07 Å². The van der Waals surface area contributed by atoms with Crippen molar-refractivity contribution in [3.63, 3.8) is 0 Å². The Bertz CT molecular complexity index is 1620. The molecule has 2 aromatic rings. The average Bonchev–Trinajstić information content (AvgIpc) is 3.26. The first kappa shape index (κ1) is 35.8. The first-order valence-electron chi connectivity index (χ1n) is 16.6. The molecule has 1 atom stereocenters. The van der Waals surface area contributed by atoms with Crippen LogP contribution in [-0.2, 0) is 31.9 Å². The molecule has 0 radical (unpaired) electrons. The Labute approximate surface area is 293 Å². The minimum absolute atomic E-state index is 0.0235. The van der Waals surface area contributed by atoms with Crippen LogP contribution in [0.4, 0.5) is 15.3 Å². The standard InChI is InChI=1S/C35H41BrN6O7/c1-2-48-32(44)23-40-16-10-26(11-17-40)37-14-15-38-33(45)31(22-24-7-8-30(43)28(36)21-24)49-35(47)41-18-12-27(13-19-41)42-20-9-25-5-3-4-6-29(25)39-34(42)46/h3-8,21,26-27,31,43H,2,9-13,16-20,22-23H2,1H3,(H,39,46)/t31-/m1/s1. The first-order chi connectivity index (χ1) is 23.7. The highest BCUT2D eigenvalue weighted by atomic mass is 79.9. The fraction of sp³-hybridized carbons (Fsp3) is 0.486. The number of ether oxygens (including phenoxy) is 2. The van der Waals surface area contributed by atoms with Crippen molar-refractivity contribution in [2.24, 2.45) is 9.98 Å². The Hall–Kier alpha value is -4.48. The van der Waals surface area contributed by atoms with E-state index in [-0.39, 0.29) is 42.8 Å². The number of hydrogen-bond acceptors (Lipinski definition) is 9. The summed E-state index contributed by atoms with van der Waals surface area (Å²) in [5, 5.41) is 12.9. The molecule has 2 fully saturated rings. The molecule has 4 amide bonds. The van der Waals surface area contributed by atoms with Crippen molar-refractivity contribution < 1.29 is 33.8 Å². The van der Waals surface area contributed by atoms with E-state index in [1.807, 2.05) is 34.1 Å². The highest BCUT2D eigenvalue weighted by Crippen LogP contribution is 2.27. The predicted octanol–water partition coefficient (Wildman–Crippen LogP) is 4.21. The number of benzene rings is 2. The summed E-state index contributed by atoms with van der Waals surface area (Å²) in [6.45, 7) is 5.05. The van der Waals surface area contributed by atoms with Crippen molar-refractivity contribution in [1.82, 2.24) is 14.7 Å². The maximum Gasteiger partial charge on any atom is 0.410 e. The number of nitrogens with zero attached hydrogens (tertiary/aromatic N) is 5. The summed E-state index contributed by atoms with van der Waals surface area (Å²) in [5.41, 5.74) is 2.56.